The topological polar surface area (TPSA) is 66.8 Å². The first kappa shape index (κ1) is 19.5. The molecular formula is C24H27NO4. The molecule has 2 aromatic rings. The Balaban J connectivity index is 1.35. The van der Waals surface area contributed by atoms with Crippen LogP contribution in [0, 0.1) is 11.8 Å². The third kappa shape index (κ3) is 4.00. The highest BCUT2D eigenvalue weighted by Crippen LogP contribution is 2.44. The molecule has 0 saturated carbocycles. The van der Waals surface area contributed by atoms with E-state index in [4.69, 9.17) is 9.84 Å². The minimum Gasteiger partial charge on any atom is -0.481 e. The zero-order valence-corrected chi connectivity index (χ0v) is 16.7. The number of carboxylic acid groups (broad SMARTS) is 1. The lowest BCUT2D eigenvalue weighted by atomic mass is 9.88. The molecule has 0 spiro atoms. The SMILES string of the molecule is CC(CC1CCN(C(=O)OCC2c3ccccc3-c3ccccc32)CC1)C(=O)O. The van der Waals surface area contributed by atoms with E-state index in [1.165, 1.54) is 22.3 Å². The zero-order chi connectivity index (χ0) is 20.4. The number of hydrogen-bond acceptors (Lipinski definition) is 3. The maximum Gasteiger partial charge on any atom is 0.409 e. The fourth-order valence-electron chi connectivity index (χ4n) is 4.64. The lowest BCUT2D eigenvalue weighted by Gasteiger charge is -2.32. The van der Waals surface area contributed by atoms with Crippen molar-refractivity contribution < 1.29 is 19.4 Å². The summed E-state index contributed by atoms with van der Waals surface area (Å²) in [5.74, 6) is -0.649. The lowest BCUT2D eigenvalue weighted by molar-refractivity contribution is -0.141. The highest BCUT2D eigenvalue weighted by atomic mass is 16.6. The maximum atomic E-state index is 12.6. The van der Waals surface area contributed by atoms with Crippen LogP contribution < -0.4 is 0 Å². The van der Waals surface area contributed by atoms with Crippen molar-refractivity contribution in [1.29, 1.82) is 0 Å². The standard InChI is InChI=1S/C24H27NO4/c1-16(23(26)27)14-17-10-12-25(13-11-17)24(28)29-15-22-20-8-4-2-6-18(20)19-7-3-5-9-21(19)22/h2-9,16-17,22H,10-15H2,1H3,(H,26,27). The van der Waals surface area contributed by atoms with E-state index in [-0.39, 0.29) is 17.9 Å². The molecule has 1 heterocycles. The predicted molar refractivity (Wildman–Crippen MR) is 111 cm³/mol. The van der Waals surface area contributed by atoms with Gasteiger partial charge in [-0.05, 0) is 47.4 Å². The molecule has 1 N–H and O–H groups in total. The molecule has 1 saturated heterocycles. The van der Waals surface area contributed by atoms with Crippen LogP contribution in [0.3, 0.4) is 0 Å². The normalized spacial score (nSPS) is 17.5. The average Bonchev–Trinajstić information content (AvgIpc) is 3.06. The number of likely N-dealkylation sites (tertiary alicyclic amines) is 1. The van der Waals surface area contributed by atoms with Crippen molar-refractivity contribution in [2.45, 2.75) is 32.1 Å². The van der Waals surface area contributed by atoms with Gasteiger partial charge < -0.3 is 14.7 Å². The third-order valence-corrected chi connectivity index (χ3v) is 6.32. The van der Waals surface area contributed by atoms with E-state index in [9.17, 15) is 9.59 Å². The minimum atomic E-state index is -0.746. The first-order chi connectivity index (χ1) is 14.0. The summed E-state index contributed by atoms with van der Waals surface area (Å²) >= 11 is 0. The fourth-order valence-corrected chi connectivity index (χ4v) is 4.64. The molecule has 29 heavy (non-hydrogen) atoms. The van der Waals surface area contributed by atoms with Crippen molar-refractivity contribution in [2.75, 3.05) is 19.7 Å². The molecular weight excluding hydrogens is 366 g/mol. The van der Waals surface area contributed by atoms with Gasteiger partial charge in [-0.2, -0.15) is 0 Å². The Hall–Kier alpha value is -2.82. The molecule has 1 amide bonds. The fraction of sp³-hybridized carbons (Fsp3) is 0.417. The van der Waals surface area contributed by atoms with E-state index in [1.54, 1.807) is 11.8 Å². The Morgan fingerprint density at radius 3 is 2.14 bits per heavy atom. The molecule has 5 nitrogen and oxygen atoms in total. The quantitative estimate of drug-likeness (QED) is 0.795. The van der Waals surface area contributed by atoms with Crippen LogP contribution in [0.25, 0.3) is 11.1 Å². The molecule has 0 aromatic heterocycles. The molecule has 4 rings (SSSR count). The van der Waals surface area contributed by atoms with Gasteiger partial charge in [0.05, 0.1) is 5.92 Å². The van der Waals surface area contributed by atoms with Crippen LogP contribution in [-0.4, -0.2) is 41.8 Å². The van der Waals surface area contributed by atoms with Crippen molar-refractivity contribution in [1.82, 2.24) is 4.90 Å². The van der Waals surface area contributed by atoms with E-state index < -0.39 is 5.97 Å². The van der Waals surface area contributed by atoms with E-state index >= 15 is 0 Å². The van der Waals surface area contributed by atoms with E-state index in [2.05, 4.69) is 24.3 Å². The largest absolute Gasteiger partial charge is 0.481 e. The highest BCUT2D eigenvalue weighted by molar-refractivity contribution is 5.79. The summed E-state index contributed by atoms with van der Waals surface area (Å²) in [6.07, 6.45) is 2.08. The monoisotopic (exact) mass is 393 g/mol. The number of ether oxygens (including phenoxy) is 1. The molecule has 1 aliphatic heterocycles. The van der Waals surface area contributed by atoms with Gasteiger partial charge in [0.2, 0.25) is 0 Å². The zero-order valence-electron chi connectivity index (χ0n) is 16.7. The number of amides is 1. The second-order valence-electron chi connectivity index (χ2n) is 8.21. The summed E-state index contributed by atoms with van der Waals surface area (Å²) in [4.78, 5) is 25.4. The summed E-state index contributed by atoms with van der Waals surface area (Å²) in [7, 11) is 0. The number of nitrogens with zero attached hydrogens (tertiary/aromatic N) is 1. The van der Waals surface area contributed by atoms with Gasteiger partial charge in [-0.3, -0.25) is 4.79 Å². The van der Waals surface area contributed by atoms with E-state index in [0.717, 1.165) is 12.8 Å². The Morgan fingerprint density at radius 1 is 1.03 bits per heavy atom. The Labute approximate surface area is 171 Å². The first-order valence-corrected chi connectivity index (χ1v) is 10.4. The number of benzene rings is 2. The molecule has 152 valence electrons. The molecule has 2 aliphatic rings. The second-order valence-corrected chi connectivity index (χ2v) is 8.21. The van der Waals surface area contributed by atoms with Crippen molar-refractivity contribution in [3.63, 3.8) is 0 Å². The number of aliphatic carboxylic acids is 1. The molecule has 0 bridgehead atoms. The Morgan fingerprint density at radius 2 is 1.59 bits per heavy atom. The second kappa shape index (κ2) is 8.27. The van der Waals surface area contributed by atoms with Crippen LogP contribution in [0.15, 0.2) is 48.5 Å². The highest BCUT2D eigenvalue weighted by Gasteiger charge is 2.31. The molecule has 1 unspecified atom stereocenters. The van der Waals surface area contributed by atoms with Gasteiger partial charge in [0.25, 0.3) is 0 Å². The van der Waals surface area contributed by atoms with Crippen molar-refractivity contribution in [3.8, 4) is 11.1 Å². The number of fused-ring (bicyclic) bond motifs is 3. The summed E-state index contributed by atoms with van der Waals surface area (Å²) in [6, 6.07) is 16.6. The Bertz CT molecular complexity index is 856. The third-order valence-electron chi connectivity index (χ3n) is 6.32. The smallest absolute Gasteiger partial charge is 0.409 e. The van der Waals surface area contributed by atoms with Crippen LogP contribution in [0.2, 0.25) is 0 Å². The summed E-state index contributed by atoms with van der Waals surface area (Å²) < 4.78 is 5.73. The lowest BCUT2D eigenvalue weighted by Crippen LogP contribution is -2.39. The van der Waals surface area contributed by atoms with Crippen molar-refractivity contribution >= 4 is 12.1 Å². The number of carboxylic acids is 1. The van der Waals surface area contributed by atoms with Gasteiger partial charge in [-0.1, -0.05) is 55.5 Å². The van der Waals surface area contributed by atoms with Gasteiger partial charge in [0, 0.05) is 19.0 Å². The number of carbonyl (C=O) groups is 2. The van der Waals surface area contributed by atoms with Crippen molar-refractivity contribution in [3.05, 3.63) is 59.7 Å². The van der Waals surface area contributed by atoms with Crippen LogP contribution >= 0.6 is 0 Å². The molecule has 1 atom stereocenters. The molecule has 2 aromatic carbocycles. The summed E-state index contributed by atoms with van der Waals surface area (Å²) in [5, 5.41) is 9.08. The van der Waals surface area contributed by atoms with Crippen molar-refractivity contribution in [2.24, 2.45) is 11.8 Å². The first-order valence-electron chi connectivity index (χ1n) is 10.4. The van der Waals surface area contributed by atoms with E-state index in [0.29, 0.717) is 32.0 Å². The van der Waals surface area contributed by atoms with Gasteiger partial charge >= 0.3 is 12.1 Å². The minimum absolute atomic E-state index is 0.0697. The number of carbonyl (C=O) groups excluding carboxylic acids is 1. The predicted octanol–water partition coefficient (Wildman–Crippen LogP) is 4.76. The van der Waals surface area contributed by atoms with Gasteiger partial charge in [-0.25, -0.2) is 4.79 Å². The van der Waals surface area contributed by atoms with Crippen LogP contribution in [-0.2, 0) is 9.53 Å². The molecule has 0 radical (unpaired) electrons. The molecule has 5 heteroatoms. The van der Waals surface area contributed by atoms with Gasteiger partial charge in [0.15, 0.2) is 0 Å². The van der Waals surface area contributed by atoms with Gasteiger partial charge in [0.1, 0.15) is 6.61 Å². The van der Waals surface area contributed by atoms with Crippen LogP contribution in [0.5, 0.6) is 0 Å². The number of piperidine rings is 1. The molecule has 1 fully saturated rings. The van der Waals surface area contributed by atoms with Gasteiger partial charge in [-0.15, -0.1) is 0 Å². The molecule has 1 aliphatic carbocycles. The summed E-state index contributed by atoms with van der Waals surface area (Å²) in [6.45, 7) is 3.35. The maximum absolute atomic E-state index is 12.6. The van der Waals surface area contributed by atoms with Crippen LogP contribution in [0.1, 0.15) is 43.2 Å². The average molecular weight is 393 g/mol. The Kier molecular flexibility index (Phi) is 5.56. The number of rotatable bonds is 5. The van der Waals surface area contributed by atoms with Crippen LogP contribution in [0.4, 0.5) is 4.79 Å². The summed E-state index contributed by atoms with van der Waals surface area (Å²) in [5.41, 5.74) is 4.86. The van der Waals surface area contributed by atoms with E-state index in [1.807, 2.05) is 24.3 Å². The number of hydrogen-bond donors (Lipinski definition) is 1.